The molecule has 4 nitrogen and oxygen atoms in total. The molecule has 0 amide bonds. The standard InChI is InChI=1S/C10H14N2O2/c1-4-5-6-11-7-8(12-6)10(2,3)14-9(7)13/h4-5H2,1-3H3,(H,11,12). The molecule has 0 saturated carbocycles. The van der Waals surface area contributed by atoms with Crippen LogP contribution in [0, 0.1) is 0 Å². The Kier molecular flexibility index (Phi) is 1.87. The van der Waals surface area contributed by atoms with Crippen LogP contribution in [0.25, 0.3) is 0 Å². The lowest BCUT2D eigenvalue weighted by atomic mass is 10.1. The van der Waals surface area contributed by atoms with Gasteiger partial charge in [-0.2, -0.15) is 0 Å². The first-order valence-electron chi connectivity index (χ1n) is 4.87. The molecule has 4 heteroatoms. The number of fused-ring (bicyclic) bond motifs is 1. The zero-order valence-corrected chi connectivity index (χ0v) is 8.68. The van der Waals surface area contributed by atoms with Crippen molar-refractivity contribution in [3.05, 3.63) is 17.2 Å². The fourth-order valence-electron chi connectivity index (χ4n) is 1.69. The van der Waals surface area contributed by atoms with Gasteiger partial charge >= 0.3 is 5.97 Å². The summed E-state index contributed by atoms with van der Waals surface area (Å²) in [6.45, 7) is 5.81. The summed E-state index contributed by atoms with van der Waals surface area (Å²) in [5.41, 5.74) is 0.718. The van der Waals surface area contributed by atoms with Crippen LogP contribution in [0.2, 0.25) is 0 Å². The SMILES string of the molecule is CCCc1nc2c([nH]1)C(C)(C)OC2=O. The maximum atomic E-state index is 11.4. The van der Waals surface area contributed by atoms with Crippen LogP contribution in [0.5, 0.6) is 0 Å². The topological polar surface area (TPSA) is 55.0 Å². The molecular weight excluding hydrogens is 180 g/mol. The van der Waals surface area contributed by atoms with E-state index in [0.29, 0.717) is 5.69 Å². The van der Waals surface area contributed by atoms with E-state index in [-0.39, 0.29) is 5.97 Å². The molecule has 0 bridgehead atoms. The average molecular weight is 194 g/mol. The Bertz CT molecular complexity index is 379. The van der Waals surface area contributed by atoms with Crippen LogP contribution in [-0.4, -0.2) is 15.9 Å². The Balaban J connectivity index is 2.42. The van der Waals surface area contributed by atoms with Gasteiger partial charge in [0, 0.05) is 6.42 Å². The molecule has 0 saturated heterocycles. The minimum atomic E-state index is -0.550. The third-order valence-electron chi connectivity index (χ3n) is 2.38. The number of rotatable bonds is 2. The van der Waals surface area contributed by atoms with Crippen molar-refractivity contribution in [3.8, 4) is 0 Å². The average Bonchev–Trinajstić information content (AvgIpc) is 2.55. The lowest BCUT2D eigenvalue weighted by Crippen LogP contribution is -2.17. The Labute approximate surface area is 82.7 Å². The summed E-state index contributed by atoms with van der Waals surface area (Å²) in [6.07, 6.45) is 1.89. The van der Waals surface area contributed by atoms with Gasteiger partial charge in [-0.15, -0.1) is 0 Å². The van der Waals surface area contributed by atoms with Crippen LogP contribution in [0.3, 0.4) is 0 Å². The molecule has 0 atom stereocenters. The number of aromatic amines is 1. The number of esters is 1. The first kappa shape index (κ1) is 9.24. The highest BCUT2D eigenvalue weighted by Gasteiger charge is 2.41. The van der Waals surface area contributed by atoms with Crippen molar-refractivity contribution in [2.75, 3.05) is 0 Å². The summed E-state index contributed by atoms with van der Waals surface area (Å²) in [5.74, 6) is 0.561. The number of nitrogens with zero attached hydrogens (tertiary/aromatic N) is 1. The van der Waals surface area contributed by atoms with Gasteiger partial charge in [0.05, 0.1) is 5.69 Å². The second-order valence-electron chi connectivity index (χ2n) is 4.06. The van der Waals surface area contributed by atoms with Crippen molar-refractivity contribution in [3.63, 3.8) is 0 Å². The minimum absolute atomic E-state index is 0.316. The van der Waals surface area contributed by atoms with E-state index in [1.807, 2.05) is 13.8 Å². The fraction of sp³-hybridized carbons (Fsp3) is 0.600. The summed E-state index contributed by atoms with van der Waals surface area (Å²) in [5, 5.41) is 0. The van der Waals surface area contributed by atoms with Gasteiger partial charge in [0.25, 0.3) is 0 Å². The molecule has 76 valence electrons. The Morgan fingerprint density at radius 1 is 1.50 bits per heavy atom. The summed E-state index contributed by atoms with van der Waals surface area (Å²) in [7, 11) is 0. The highest BCUT2D eigenvalue weighted by molar-refractivity contribution is 5.92. The summed E-state index contributed by atoms with van der Waals surface area (Å²) in [6, 6.07) is 0. The van der Waals surface area contributed by atoms with Crippen molar-refractivity contribution in [2.24, 2.45) is 0 Å². The van der Waals surface area contributed by atoms with Crippen LogP contribution in [0.4, 0.5) is 0 Å². The number of aryl methyl sites for hydroxylation is 1. The molecule has 14 heavy (non-hydrogen) atoms. The lowest BCUT2D eigenvalue weighted by Gasteiger charge is -2.15. The molecule has 0 fully saturated rings. The molecule has 1 aliphatic heterocycles. The monoisotopic (exact) mass is 194 g/mol. The second-order valence-corrected chi connectivity index (χ2v) is 4.06. The van der Waals surface area contributed by atoms with Gasteiger partial charge in [-0.25, -0.2) is 9.78 Å². The smallest absolute Gasteiger partial charge is 0.359 e. The number of hydrogen-bond acceptors (Lipinski definition) is 3. The summed E-state index contributed by atoms with van der Waals surface area (Å²) in [4.78, 5) is 18.8. The Morgan fingerprint density at radius 2 is 2.21 bits per heavy atom. The Morgan fingerprint density at radius 3 is 2.79 bits per heavy atom. The van der Waals surface area contributed by atoms with Crippen molar-refractivity contribution in [1.82, 2.24) is 9.97 Å². The summed E-state index contributed by atoms with van der Waals surface area (Å²) < 4.78 is 5.16. The van der Waals surface area contributed by atoms with Gasteiger partial charge in [0.1, 0.15) is 11.4 Å². The highest BCUT2D eigenvalue weighted by Crippen LogP contribution is 2.33. The van der Waals surface area contributed by atoms with E-state index in [2.05, 4.69) is 16.9 Å². The third-order valence-corrected chi connectivity index (χ3v) is 2.38. The van der Waals surface area contributed by atoms with E-state index in [4.69, 9.17) is 4.74 Å². The maximum Gasteiger partial charge on any atom is 0.359 e. The molecule has 1 aromatic rings. The van der Waals surface area contributed by atoms with Crippen molar-refractivity contribution in [1.29, 1.82) is 0 Å². The minimum Gasteiger partial charge on any atom is -0.448 e. The molecule has 0 aromatic carbocycles. The molecule has 0 unspecified atom stereocenters. The normalized spacial score (nSPS) is 18.1. The molecule has 2 rings (SSSR count). The predicted octanol–water partition coefficient (Wildman–Crippen LogP) is 1.77. The molecule has 0 spiro atoms. The number of aromatic nitrogens is 2. The van der Waals surface area contributed by atoms with Gasteiger partial charge < -0.3 is 9.72 Å². The van der Waals surface area contributed by atoms with E-state index in [1.165, 1.54) is 0 Å². The van der Waals surface area contributed by atoms with E-state index >= 15 is 0 Å². The van der Waals surface area contributed by atoms with Crippen LogP contribution >= 0.6 is 0 Å². The predicted molar refractivity (Wildman–Crippen MR) is 51.0 cm³/mol. The van der Waals surface area contributed by atoms with Gasteiger partial charge in [-0.05, 0) is 20.3 Å². The van der Waals surface area contributed by atoms with Gasteiger partial charge in [-0.1, -0.05) is 6.92 Å². The van der Waals surface area contributed by atoms with Crippen molar-refractivity contribution < 1.29 is 9.53 Å². The molecule has 1 N–H and O–H groups in total. The number of carbonyl (C=O) groups excluding carboxylic acids is 1. The molecule has 1 aromatic heterocycles. The zero-order valence-electron chi connectivity index (χ0n) is 8.68. The zero-order chi connectivity index (χ0) is 10.3. The van der Waals surface area contributed by atoms with Crippen LogP contribution in [0.15, 0.2) is 0 Å². The van der Waals surface area contributed by atoms with Gasteiger partial charge in [0.2, 0.25) is 0 Å². The maximum absolute atomic E-state index is 11.4. The van der Waals surface area contributed by atoms with E-state index < -0.39 is 5.60 Å². The number of cyclic esters (lactones) is 1. The van der Waals surface area contributed by atoms with E-state index in [1.54, 1.807) is 0 Å². The van der Waals surface area contributed by atoms with E-state index in [9.17, 15) is 4.79 Å². The second kappa shape index (κ2) is 2.83. The first-order chi connectivity index (χ1) is 6.54. The number of carbonyl (C=O) groups is 1. The molecule has 2 heterocycles. The quantitative estimate of drug-likeness (QED) is 0.730. The molecule has 0 aliphatic carbocycles. The van der Waals surface area contributed by atoms with Crippen LogP contribution in [0.1, 0.15) is 49.2 Å². The number of hydrogen-bond donors (Lipinski definition) is 1. The third kappa shape index (κ3) is 1.22. The van der Waals surface area contributed by atoms with Gasteiger partial charge in [-0.3, -0.25) is 0 Å². The largest absolute Gasteiger partial charge is 0.448 e. The number of imidazole rings is 1. The van der Waals surface area contributed by atoms with Crippen LogP contribution < -0.4 is 0 Å². The van der Waals surface area contributed by atoms with Gasteiger partial charge in [0.15, 0.2) is 5.69 Å². The first-order valence-corrected chi connectivity index (χ1v) is 4.87. The van der Waals surface area contributed by atoms with Crippen molar-refractivity contribution >= 4 is 5.97 Å². The van der Waals surface area contributed by atoms with Crippen LogP contribution in [-0.2, 0) is 16.8 Å². The van der Waals surface area contributed by atoms with E-state index in [0.717, 1.165) is 24.4 Å². The lowest BCUT2D eigenvalue weighted by molar-refractivity contribution is 0.00765. The number of H-pyrrole nitrogens is 1. The van der Waals surface area contributed by atoms with Crippen molar-refractivity contribution in [2.45, 2.75) is 39.2 Å². The molecule has 1 aliphatic rings. The Hall–Kier alpha value is -1.32. The highest BCUT2D eigenvalue weighted by atomic mass is 16.6. The fourth-order valence-corrected chi connectivity index (χ4v) is 1.69. The molecule has 0 radical (unpaired) electrons. The number of nitrogens with one attached hydrogen (secondary N) is 1. The number of ether oxygens (including phenoxy) is 1. The molecular formula is C10H14N2O2. The summed E-state index contributed by atoms with van der Waals surface area (Å²) >= 11 is 0.